The van der Waals surface area contributed by atoms with Crippen LogP contribution in [0.1, 0.15) is 36.2 Å². The minimum atomic E-state index is -0.329. The molecule has 1 atom stereocenters. The smallest absolute Gasteiger partial charge is 0.253 e. The summed E-state index contributed by atoms with van der Waals surface area (Å²) in [7, 11) is 1.76. The van der Waals surface area contributed by atoms with Gasteiger partial charge in [0.15, 0.2) is 5.96 Å². The molecule has 1 unspecified atom stereocenters. The van der Waals surface area contributed by atoms with E-state index in [4.69, 9.17) is 4.74 Å². The van der Waals surface area contributed by atoms with Crippen LogP contribution in [0.2, 0.25) is 0 Å². The minimum absolute atomic E-state index is 0. The fraction of sp³-hybridized carbons (Fsp3) is 0.500. The average molecular weight is 540 g/mol. The molecule has 2 aromatic rings. The van der Waals surface area contributed by atoms with Crippen molar-refractivity contribution in [2.45, 2.75) is 52.3 Å². The van der Waals surface area contributed by atoms with Crippen molar-refractivity contribution in [1.82, 2.24) is 20.4 Å². The molecule has 1 aromatic heterocycles. The molecule has 8 nitrogen and oxygen atoms in total. The van der Waals surface area contributed by atoms with Crippen LogP contribution in [0.3, 0.4) is 0 Å². The van der Waals surface area contributed by atoms with E-state index in [-0.39, 0.29) is 36.0 Å². The quantitative estimate of drug-likeness (QED) is 0.207. The van der Waals surface area contributed by atoms with E-state index in [0.29, 0.717) is 13.2 Å². The van der Waals surface area contributed by atoms with Gasteiger partial charge in [-0.25, -0.2) is 0 Å². The predicted molar refractivity (Wildman–Crippen MR) is 134 cm³/mol. The zero-order valence-electron chi connectivity index (χ0n) is 18.5. The van der Waals surface area contributed by atoms with E-state index in [1.54, 1.807) is 7.05 Å². The zero-order chi connectivity index (χ0) is 21.3. The number of guanidine groups is 1. The summed E-state index contributed by atoms with van der Waals surface area (Å²) in [5.74, 6) is 0.676. The van der Waals surface area contributed by atoms with E-state index < -0.39 is 0 Å². The highest BCUT2D eigenvalue weighted by Gasteiger charge is 2.23. The van der Waals surface area contributed by atoms with Gasteiger partial charge in [-0.3, -0.25) is 14.5 Å². The summed E-state index contributed by atoms with van der Waals surface area (Å²) in [6.45, 7) is 7.03. The molecule has 1 aromatic carbocycles. The topological polar surface area (TPSA) is 92.6 Å². The van der Waals surface area contributed by atoms with Gasteiger partial charge in [0.1, 0.15) is 6.10 Å². The Labute approximate surface area is 201 Å². The van der Waals surface area contributed by atoms with Crippen LogP contribution in [0.15, 0.2) is 35.3 Å². The first kappa shape index (κ1) is 25.1. The lowest BCUT2D eigenvalue weighted by Gasteiger charge is -2.14. The minimum Gasteiger partial charge on any atom is -0.368 e. The highest BCUT2D eigenvalue weighted by Crippen LogP contribution is 2.16. The molecule has 1 saturated heterocycles. The van der Waals surface area contributed by atoms with Crippen LogP contribution < -0.4 is 16.0 Å². The number of carbonyl (C=O) groups excluding carboxylic acids is 1. The van der Waals surface area contributed by atoms with Crippen molar-refractivity contribution < 1.29 is 9.53 Å². The molecule has 0 spiro atoms. The van der Waals surface area contributed by atoms with E-state index >= 15 is 0 Å². The van der Waals surface area contributed by atoms with Crippen LogP contribution >= 0.6 is 24.0 Å². The van der Waals surface area contributed by atoms with E-state index in [9.17, 15) is 4.79 Å². The molecule has 0 radical (unpaired) electrons. The average Bonchev–Trinajstić information content (AvgIpc) is 3.37. The third-order valence-electron chi connectivity index (χ3n) is 5.04. The lowest BCUT2D eigenvalue weighted by Crippen LogP contribution is -2.37. The van der Waals surface area contributed by atoms with Gasteiger partial charge >= 0.3 is 0 Å². The maximum absolute atomic E-state index is 12.2. The number of hydrogen-bond donors (Lipinski definition) is 3. The number of rotatable bonds is 8. The van der Waals surface area contributed by atoms with Gasteiger partial charge in [0.2, 0.25) is 0 Å². The summed E-state index contributed by atoms with van der Waals surface area (Å²) in [4.78, 5) is 16.5. The fourth-order valence-corrected chi connectivity index (χ4v) is 3.51. The number of aromatic nitrogens is 2. The number of nitrogens with one attached hydrogen (secondary N) is 3. The van der Waals surface area contributed by atoms with Crippen LogP contribution in [0, 0.1) is 13.8 Å². The van der Waals surface area contributed by atoms with Gasteiger partial charge in [-0.15, -0.1) is 24.0 Å². The number of halogens is 1. The molecule has 2 heterocycles. The second kappa shape index (κ2) is 12.7. The van der Waals surface area contributed by atoms with Gasteiger partial charge in [0.25, 0.3) is 5.91 Å². The van der Waals surface area contributed by atoms with Crippen LogP contribution in [0.25, 0.3) is 0 Å². The van der Waals surface area contributed by atoms with Gasteiger partial charge in [0, 0.05) is 44.7 Å². The van der Waals surface area contributed by atoms with Crippen molar-refractivity contribution in [2.24, 2.45) is 4.99 Å². The van der Waals surface area contributed by atoms with Crippen LogP contribution in [0.4, 0.5) is 5.69 Å². The Morgan fingerprint density at radius 3 is 2.81 bits per heavy atom. The number of anilines is 1. The first-order valence-corrected chi connectivity index (χ1v) is 10.5. The number of hydrogen-bond acceptors (Lipinski definition) is 4. The Morgan fingerprint density at radius 2 is 2.13 bits per heavy atom. The van der Waals surface area contributed by atoms with Gasteiger partial charge in [-0.2, -0.15) is 5.10 Å². The summed E-state index contributed by atoms with van der Waals surface area (Å²) in [6, 6.07) is 9.90. The van der Waals surface area contributed by atoms with Crippen molar-refractivity contribution in [3.05, 3.63) is 47.3 Å². The summed E-state index contributed by atoms with van der Waals surface area (Å²) >= 11 is 0. The molecule has 1 aliphatic rings. The van der Waals surface area contributed by atoms with Gasteiger partial charge in [-0.1, -0.05) is 12.1 Å². The Bertz CT molecular complexity index is 877. The monoisotopic (exact) mass is 540 g/mol. The van der Waals surface area contributed by atoms with Crippen LogP contribution in [-0.2, 0) is 22.6 Å². The van der Waals surface area contributed by atoms with Crippen molar-refractivity contribution in [2.75, 3.05) is 25.5 Å². The van der Waals surface area contributed by atoms with Crippen molar-refractivity contribution in [3.63, 3.8) is 0 Å². The molecule has 3 N–H and O–H groups in total. The molecule has 1 amide bonds. The maximum atomic E-state index is 12.2. The number of nitrogens with zero attached hydrogens (tertiary/aromatic N) is 3. The normalized spacial score (nSPS) is 16.0. The molecule has 1 aliphatic heterocycles. The molecular weight excluding hydrogens is 507 g/mol. The predicted octanol–water partition coefficient (Wildman–Crippen LogP) is 2.99. The summed E-state index contributed by atoms with van der Waals surface area (Å²) in [5, 5.41) is 14.1. The van der Waals surface area contributed by atoms with Gasteiger partial charge < -0.3 is 20.7 Å². The van der Waals surface area contributed by atoms with Gasteiger partial charge in [0.05, 0.1) is 5.69 Å². The Balaban J connectivity index is 0.00000341. The first-order valence-electron chi connectivity index (χ1n) is 10.5. The van der Waals surface area contributed by atoms with Crippen LogP contribution in [0.5, 0.6) is 0 Å². The van der Waals surface area contributed by atoms with Crippen LogP contribution in [-0.4, -0.2) is 48.0 Å². The van der Waals surface area contributed by atoms with Crippen molar-refractivity contribution in [3.8, 4) is 0 Å². The summed E-state index contributed by atoms with van der Waals surface area (Å²) in [6.07, 6.45) is 2.35. The SMILES string of the molecule is CN=C(NCCCn1nc(C)cc1C)NCc1cccc(NC(=O)C2CCCO2)c1.I. The summed E-state index contributed by atoms with van der Waals surface area (Å²) < 4.78 is 7.47. The molecule has 31 heavy (non-hydrogen) atoms. The van der Waals surface area contributed by atoms with E-state index in [2.05, 4.69) is 39.0 Å². The molecule has 0 saturated carbocycles. The zero-order valence-corrected chi connectivity index (χ0v) is 20.8. The number of aliphatic imine (C=N–C) groups is 1. The standard InChI is InChI=1S/C22H32N6O2.HI/c1-16-13-17(2)28(27-16)11-6-10-24-22(23-3)25-15-18-7-4-8-19(14-18)26-21(29)20-9-5-12-30-20;/h4,7-8,13-14,20H,5-6,9-12,15H2,1-3H3,(H,26,29)(H2,23,24,25);1H. The third-order valence-corrected chi connectivity index (χ3v) is 5.04. The number of carbonyl (C=O) groups is 1. The van der Waals surface area contributed by atoms with Crippen molar-refractivity contribution in [1.29, 1.82) is 0 Å². The number of ether oxygens (including phenoxy) is 1. The van der Waals surface area contributed by atoms with Crippen molar-refractivity contribution >= 4 is 41.5 Å². The molecule has 0 bridgehead atoms. The molecule has 170 valence electrons. The number of aryl methyl sites for hydroxylation is 3. The number of benzene rings is 1. The van der Waals surface area contributed by atoms with E-state index in [1.807, 2.05) is 35.9 Å². The fourth-order valence-electron chi connectivity index (χ4n) is 3.51. The Morgan fingerprint density at radius 1 is 1.29 bits per heavy atom. The largest absolute Gasteiger partial charge is 0.368 e. The second-order valence-corrected chi connectivity index (χ2v) is 7.55. The highest BCUT2D eigenvalue weighted by molar-refractivity contribution is 14.0. The maximum Gasteiger partial charge on any atom is 0.253 e. The lowest BCUT2D eigenvalue weighted by atomic mass is 10.2. The molecule has 0 aliphatic carbocycles. The highest BCUT2D eigenvalue weighted by atomic mass is 127. The molecule has 3 rings (SSSR count). The second-order valence-electron chi connectivity index (χ2n) is 7.55. The molecule has 1 fully saturated rings. The lowest BCUT2D eigenvalue weighted by molar-refractivity contribution is -0.124. The third kappa shape index (κ3) is 7.80. The first-order chi connectivity index (χ1) is 14.5. The molecular formula is C22H33IN6O2. The van der Waals surface area contributed by atoms with Gasteiger partial charge in [-0.05, 0) is 56.9 Å². The van der Waals surface area contributed by atoms with E-state index in [1.165, 1.54) is 5.69 Å². The molecule has 9 heteroatoms. The Hall–Kier alpha value is -2.14. The van der Waals surface area contributed by atoms with E-state index in [0.717, 1.165) is 55.3 Å². The Kier molecular flexibility index (Phi) is 10.3. The number of amides is 1. The summed E-state index contributed by atoms with van der Waals surface area (Å²) in [5.41, 5.74) is 4.07.